The number of sulfonamides is 1. The molecule has 20 heteroatoms. The van der Waals surface area contributed by atoms with Crippen molar-refractivity contribution in [3.05, 3.63) is 93.2 Å². The number of piperazine rings is 1. The van der Waals surface area contributed by atoms with Crippen LogP contribution < -0.4 is 15.3 Å². The molecule has 286 valence electrons. The van der Waals surface area contributed by atoms with Gasteiger partial charge < -0.3 is 14.7 Å². The van der Waals surface area contributed by atoms with E-state index >= 15 is 8.78 Å². The van der Waals surface area contributed by atoms with Gasteiger partial charge in [0.05, 0.1) is 22.3 Å². The maximum absolute atomic E-state index is 16.0. The first-order valence-corrected chi connectivity index (χ1v) is 17.4. The summed E-state index contributed by atoms with van der Waals surface area (Å²) < 4.78 is 147. The summed E-state index contributed by atoms with van der Waals surface area (Å²) in [6, 6.07) is 4.68. The lowest BCUT2D eigenvalue weighted by Crippen LogP contribution is -2.54. The summed E-state index contributed by atoms with van der Waals surface area (Å²) in [6.07, 6.45) is 1.51. The van der Waals surface area contributed by atoms with Gasteiger partial charge in [-0.15, -0.1) is 0 Å². The molecule has 1 N–H and O–H groups in total. The van der Waals surface area contributed by atoms with Gasteiger partial charge in [-0.05, 0) is 49.6 Å². The average Bonchev–Trinajstić information content (AvgIpc) is 3.09. The highest BCUT2D eigenvalue weighted by atomic mass is 32.2. The quantitative estimate of drug-likeness (QED) is 0.109. The Bertz CT molecular complexity index is 2480. The molecule has 1 fully saturated rings. The van der Waals surface area contributed by atoms with Gasteiger partial charge in [-0.25, -0.2) is 44.7 Å². The number of hydrogen-bond donors (Lipinski definition) is 1. The van der Waals surface area contributed by atoms with Crippen molar-refractivity contribution >= 4 is 26.9 Å². The highest BCUT2D eigenvalue weighted by Crippen LogP contribution is 2.40. The fourth-order valence-corrected chi connectivity index (χ4v) is 8.02. The van der Waals surface area contributed by atoms with E-state index in [1.54, 1.807) is 26.8 Å². The molecule has 11 nitrogen and oxygen atoms in total. The fourth-order valence-electron chi connectivity index (χ4n) is 6.34. The Morgan fingerprint density at radius 1 is 0.944 bits per heavy atom. The molecule has 0 spiro atoms. The van der Waals surface area contributed by atoms with Crippen molar-refractivity contribution in [3.8, 4) is 28.4 Å². The molecular weight excluding hydrogens is 756 g/mol. The molecule has 6 rings (SSSR count). The lowest BCUT2D eigenvalue weighted by molar-refractivity contribution is -0.0551. The van der Waals surface area contributed by atoms with Crippen LogP contribution in [0.25, 0.3) is 28.0 Å². The van der Waals surface area contributed by atoms with Crippen molar-refractivity contribution in [3.63, 3.8) is 0 Å². The van der Waals surface area contributed by atoms with Crippen molar-refractivity contribution in [1.82, 2.24) is 23.8 Å². The van der Waals surface area contributed by atoms with Crippen LogP contribution >= 0.6 is 0 Å². The predicted octanol–water partition coefficient (Wildman–Crippen LogP) is 6.32. The lowest BCUT2D eigenvalue weighted by atomic mass is 10.0. The Morgan fingerprint density at radius 3 is 2.26 bits per heavy atom. The Labute approximate surface area is 301 Å². The molecule has 0 aliphatic carbocycles. The van der Waals surface area contributed by atoms with E-state index in [9.17, 15) is 44.7 Å². The first-order valence-electron chi connectivity index (χ1n) is 16.0. The third-order valence-electron chi connectivity index (χ3n) is 8.80. The molecule has 0 unspecified atom stereocenters. The van der Waals surface area contributed by atoms with Gasteiger partial charge in [0.1, 0.15) is 23.1 Å². The van der Waals surface area contributed by atoms with Gasteiger partial charge in [-0.1, -0.05) is 19.9 Å². The molecule has 0 bridgehead atoms. The Hall–Kier alpha value is -5.37. The van der Waals surface area contributed by atoms with Gasteiger partial charge in [0.15, 0.2) is 33.7 Å². The number of anilines is 1. The molecule has 2 aromatic carbocycles. The van der Waals surface area contributed by atoms with E-state index in [0.29, 0.717) is 15.6 Å². The maximum atomic E-state index is 16.0. The zero-order valence-corrected chi connectivity index (χ0v) is 29.3. The summed E-state index contributed by atoms with van der Waals surface area (Å²) >= 11 is 0. The van der Waals surface area contributed by atoms with E-state index in [0.717, 1.165) is 22.8 Å². The topological polar surface area (TPSA) is 131 Å². The highest BCUT2D eigenvalue weighted by Gasteiger charge is 2.41. The van der Waals surface area contributed by atoms with Crippen LogP contribution in [0.4, 0.5) is 40.9 Å². The van der Waals surface area contributed by atoms with E-state index in [1.165, 1.54) is 24.1 Å². The summed E-state index contributed by atoms with van der Waals surface area (Å²) in [5, 5.41) is 10.4. The molecule has 5 aromatic rings. The summed E-state index contributed by atoms with van der Waals surface area (Å²) in [4.78, 5) is 26.4. The molecule has 1 atom stereocenters. The van der Waals surface area contributed by atoms with E-state index in [2.05, 4.69) is 19.7 Å². The first-order chi connectivity index (χ1) is 25.4. The number of hydrogen-bond acceptors (Lipinski definition) is 9. The number of ether oxygens (including phenoxy) is 1. The second kappa shape index (κ2) is 14.1. The number of aromatic hydroxyl groups is 1. The standard InChI is InChI=1S/C34H28F8N6O5S/c1-14(2)26-28(15(3)8-9-43-26)48-32-17(12-19(36)27(44-32)21-18(35)6-5-7-20(21)49)31(45-34(48)50)47-11-10-46(13-16(47)4)54(51,52)30-25(40)23(38)22(37)24(39)29(30)53-33(41)42/h5-9,12,14,16,33,49H,10-11,13H2,1-4H3/t16-/m0/s1. The number of phenols is 1. The molecule has 0 amide bonds. The number of phenolic OH excluding ortho intramolecular Hbond substituents is 1. The van der Waals surface area contributed by atoms with Crippen molar-refractivity contribution in [2.24, 2.45) is 0 Å². The largest absolute Gasteiger partial charge is 0.507 e. The van der Waals surface area contributed by atoms with Crippen LogP contribution in [-0.2, 0) is 10.0 Å². The predicted molar refractivity (Wildman–Crippen MR) is 177 cm³/mol. The van der Waals surface area contributed by atoms with Crippen molar-refractivity contribution < 1.29 is 53.4 Å². The number of rotatable bonds is 8. The second-order valence-corrected chi connectivity index (χ2v) is 14.5. The zero-order chi connectivity index (χ0) is 39.5. The fraction of sp³-hybridized carbons (Fsp3) is 0.294. The number of aromatic nitrogens is 4. The number of aryl methyl sites for hydroxylation is 1. The van der Waals surface area contributed by atoms with Gasteiger partial charge in [-0.3, -0.25) is 4.98 Å². The highest BCUT2D eigenvalue weighted by molar-refractivity contribution is 7.89. The van der Waals surface area contributed by atoms with Gasteiger partial charge in [-0.2, -0.15) is 22.5 Å². The molecular formula is C34H28F8N6O5S. The van der Waals surface area contributed by atoms with Crippen molar-refractivity contribution in [1.29, 1.82) is 0 Å². The number of pyridine rings is 2. The number of fused-ring (bicyclic) bond motifs is 1. The van der Waals surface area contributed by atoms with Gasteiger partial charge in [0, 0.05) is 31.9 Å². The lowest BCUT2D eigenvalue weighted by Gasteiger charge is -2.40. The zero-order valence-electron chi connectivity index (χ0n) is 28.5. The van der Waals surface area contributed by atoms with E-state index in [4.69, 9.17) is 0 Å². The van der Waals surface area contributed by atoms with Crippen LogP contribution in [0.1, 0.15) is 37.9 Å². The monoisotopic (exact) mass is 784 g/mol. The Morgan fingerprint density at radius 2 is 1.63 bits per heavy atom. The molecule has 1 saturated heterocycles. The third kappa shape index (κ3) is 6.35. The molecule has 4 heterocycles. The van der Waals surface area contributed by atoms with Crippen LogP contribution in [0.3, 0.4) is 0 Å². The number of nitrogens with zero attached hydrogens (tertiary/aromatic N) is 6. The minimum Gasteiger partial charge on any atom is -0.507 e. The van der Waals surface area contributed by atoms with Crippen LogP contribution in [0.5, 0.6) is 11.5 Å². The van der Waals surface area contributed by atoms with E-state index in [-0.39, 0.29) is 28.5 Å². The summed E-state index contributed by atoms with van der Waals surface area (Å²) in [7, 11) is -5.43. The SMILES string of the molecule is Cc1ccnc(C(C)C)c1-n1c(=O)nc(N2CCN(S(=O)(=O)c3c(F)c(F)c(F)c(F)c3OC(F)F)C[C@@H]2C)c2cc(F)c(-c3c(O)cccc3F)nc21. The molecule has 0 radical (unpaired) electrons. The number of alkyl halides is 2. The molecule has 3 aromatic heterocycles. The first kappa shape index (κ1) is 38.4. The normalized spacial score (nSPS) is 15.5. The van der Waals surface area contributed by atoms with E-state index in [1.807, 2.05) is 0 Å². The van der Waals surface area contributed by atoms with E-state index < -0.39 is 111 Å². The van der Waals surface area contributed by atoms with Crippen LogP contribution in [0.15, 0.2) is 46.2 Å². The third-order valence-corrected chi connectivity index (χ3v) is 10.7. The Balaban J connectivity index is 1.52. The Kier molecular flexibility index (Phi) is 10.0. The summed E-state index contributed by atoms with van der Waals surface area (Å²) in [5.74, 6) is -15.6. The maximum Gasteiger partial charge on any atom is 0.387 e. The van der Waals surface area contributed by atoms with Crippen molar-refractivity contribution in [2.45, 2.75) is 51.2 Å². The summed E-state index contributed by atoms with van der Waals surface area (Å²) in [6.45, 7) is 0.941. The van der Waals surface area contributed by atoms with Gasteiger partial charge in [0.25, 0.3) is 0 Å². The van der Waals surface area contributed by atoms with Crippen LogP contribution in [0.2, 0.25) is 0 Å². The molecule has 0 saturated carbocycles. The molecule has 54 heavy (non-hydrogen) atoms. The minimum atomic E-state index is -5.43. The minimum absolute atomic E-state index is 0.144. The van der Waals surface area contributed by atoms with Crippen LogP contribution in [-0.4, -0.2) is 69.6 Å². The number of halogens is 8. The molecule has 1 aliphatic heterocycles. The average molecular weight is 785 g/mol. The second-order valence-electron chi connectivity index (χ2n) is 12.6. The van der Waals surface area contributed by atoms with Gasteiger partial charge in [0.2, 0.25) is 21.7 Å². The summed E-state index contributed by atoms with van der Waals surface area (Å²) in [5.41, 5.74) is -1.34. The number of benzene rings is 2. The smallest absolute Gasteiger partial charge is 0.387 e. The van der Waals surface area contributed by atoms with Crippen LogP contribution in [0, 0.1) is 41.8 Å². The molecule has 1 aliphatic rings. The van der Waals surface area contributed by atoms with Gasteiger partial charge >= 0.3 is 12.3 Å². The van der Waals surface area contributed by atoms with Crippen molar-refractivity contribution in [2.75, 3.05) is 24.5 Å².